The van der Waals surface area contributed by atoms with Gasteiger partial charge in [-0.15, -0.1) is 0 Å². The van der Waals surface area contributed by atoms with Crippen molar-refractivity contribution in [1.82, 2.24) is 9.29 Å². The maximum atomic E-state index is 12.7. The molecule has 9 heteroatoms. The van der Waals surface area contributed by atoms with Crippen LogP contribution in [0.3, 0.4) is 0 Å². The van der Waals surface area contributed by atoms with Gasteiger partial charge in [0.1, 0.15) is 0 Å². The van der Waals surface area contributed by atoms with Crippen LogP contribution >= 0.6 is 0 Å². The fraction of sp³-hybridized carbons (Fsp3) is 0.304. The number of aliphatic hydroxyl groups excluding tert-OH is 1. The van der Waals surface area contributed by atoms with E-state index in [1.807, 2.05) is 41.1 Å². The second-order valence-corrected chi connectivity index (χ2v) is 9.82. The first-order chi connectivity index (χ1) is 15.0. The van der Waals surface area contributed by atoms with Crippen LogP contribution in [0.5, 0.6) is 0 Å². The number of amides is 1. The Morgan fingerprint density at radius 3 is 2.34 bits per heavy atom. The van der Waals surface area contributed by atoms with Crippen LogP contribution in [0.1, 0.15) is 45.3 Å². The number of hydrogen-bond acceptors (Lipinski definition) is 6. The number of hydrogen-bond donors (Lipinski definition) is 3. The van der Waals surface area contributed by atoms with Crippen molar-refractivity contribution in [1.29, 1.82) is 0 Å². The predicted octanol–water partition coefficient (Wildman–Crippen LogP) is 2.59. The van der Waals surface area contributed by atoms with Crippen LogP contribution in [0.4, 0.5) is 0 Å². The summed E-state index contributed by atoms with van der Waals surface area (Å²) in [5.74, 6) is -0.757. The van der Waals surface area contributed by atoms with Gasteiger partial charge in [0.2, 0.25) is 5.91 Å². The molecule has 2 atom stereocenters. The minimum atomic E-state index is -4.58. The molecule has 8 nitrogen and oxygen atoms in total. The van der Waals surface area contributed by atoms with Crippen LogP contribution in [-0.2, 0) is 19.9 Å². The van der Waals surface area contributed by atoms with Crippen LogP contribution in [0, 0.1) is 0 Å². The summed E-state index contributed by atoms with van der Waals surface area (Å²) in [7, 11) is -4.58. The highest BCUT2D eigenvalue weighted by Crippen LogP contribution is 2.27. The van der Waals surface area contributed by atoms with Crippen molar-refractivity contribution in [2.45, 2.75) is 44.8 Å². The molecule has 1 amide bonds. The number of rotatable bonds is 7. The zero-order valence-electron chi connectivity index (χ0n) is 18.1. The molecule has 170 valence electrons. The van der Waals surface area contributed by atoms with Gasteiger partial charge in [0.25, 0.3) is 20.6 Å². The minimum Gasteiger partial charge on any atom is -0.389 e. The lowest BCUT2D eigenvalue weighted by atomic mass is 9.99. The molecule has 3 N–H and O–H groups in total. The van der Waals surface area contributed by atoms with Crippen molar-refractivity contribution in [3.8, 4) is 11.1 Å². The summed E-state index contributed by atoms with van der Waals surface area (Å²) in [4.78, 5) is 24.4. The Bertz CT molecular complexity index is 1330. The van der Waals surface area contributed by atoms with Crippen molar-refractivity contribution in [2.24, 2.45) is 0 Å². The maximum Gasteiger partial charge on any atom is 0.285 e. The predicted molar refractivity (Wildman–Crippen MR) is 122 cm³/mol. The smallest absolute Gasteiger partial charge is 0.285 e. The lowest BCUT2D eigenvalue weighted by Crippen LogP contribution is -2.51. The average Bonchev–Trinajstić information content (AvgIpc) is 2.72. The molecule has 0 saturated heterocycles. The van der Waals surface area contributed by atoms with Gasteiger partial charge in [0.15, 0.2) is 0 Å². The van der Waals surface area contributed by atoms with E-state index in [0.29, 0.717) is 16.6 Å². The summed E-state index contributed by atoms with van der Waals surface area (Å²) in [6, 6.07) is 13.9. The summed E-state index contributed by atoms with van der Waals surface area (Å²) in [6.45, 7) is 4.34. The van der Waals surface area contributed by atoms with Gasteiger partial charge in [0.05, 0.1) is 6.10 Å². The fourth-order valence-electron chi connectivity index (χ4n) is 3.36. The largest absolute Gasteiger partial charge is 0.389 e. The first-order valence-electron chi connectivity index (χ1n) is 10.2. The zero-order chi connectivity index (χ0) is 23.7. The van der Waals surface area contributed by atoms with Crippen LogP contribution in [0.25, 0.3) is 21.9 Å². The summed E-state index contributed by atoms with van der Waals surface area (Å²) < 4.78 is 27.5. The Morgan fingerprint density at radius 1 is 1.09 bits per heavy atom. The Balaban J connectivity index is 1.96. The number of pyridine rings is 1. The topological polar surface area (TPSA) is 126 Å². The van der Waals surface area contributed by atoms with Gasteiger partial charge in [-0.1, -0.05) is 31.2 Å². The number of benzene rings is 2. The number of nitrogens with zero attached hydrogens (tertiary/aromatic N) is 1. The van der Waals surface area contributed by atoms with Crippen LogP contribution in [0.15, 0.2) is 59.5 Å². The van der Waals surface area contributed by atoms with Crippen molar-refractivity contribution >= 4 is 26.7 Å². The summed E-state index contributed by atoms with van der Waals surface area (Å²) in [5.41, 5.74) is 1.31. The molecule has 0 aliphatic heterocycles. The van der Waals surface area contributed by atoms with E-state index >= 15 is 0 Å². The molecular formula is C23H26N2O6S. The number of fused-ring (bicyclic) bond motifs is 1. The molecule has 3 aromatic rings. The third kappa shape index (κ3) is 4.59. The number of carbonyl (C=O) groups is 1. The highest BCUT2D eigenvalue weighted by Gasteiger charge is 2.40. The summed E-state index contributed by atoms with van der Waals surface area (Å²) in [6.07, 6.45) is 1.01. The second kappa shape index (κ2) is 8.85. The normalized spacial score (nSPS) is 14.7. The van der Waals surface area contributed by atoms with Gasteiger partial charge in [-0.25, -0.2) is 13.1 Å². The number of nitrogens with one attached hydrogen (secondary N) is 1. The van der Waals surface area contributed by atoms with Gasteiger partial charge in [0, 0.05) is 25.6 Å². The first kappa shape index (κ1) is 23.6. The molecular weight excluding hydrogens is 432 g/mol. The lowest BCUT2D eigenvalue weighted by molar-refractivity contribution is -0.119. The van der Waals surface area contributed by atoms with E-state index < -0.39 is 32.7 Å². The molecule has 3 rings (SSSR count). The molecule has 0 aliphatic rings. The SMILES string of the molecule is CCCC(=O)NS(=O)(=O)[C@@](C)(O)n1ccc(-c2ccc3cc([C@H](C)O)ccc3c2)cc1=O. The third-order valence-electron chi connectivity index (χ3n) is 5.28. The maximum absolute atomic E-state index is 12.7. The average molecular weight is 459 g/mol. The van der Waals surface area contributed by atoms with E-state index in [1.54, 1.807) is 13.8 Å². The van der Waals surface area contributed by atoms with E-state index in [1.165, 1.54) is 18.3 Å². The van der Waals surface area contributed by atoms with E-state index in [-0.39, 0.29) is 6.42 Å². The van der Waals surface area contributed by atoms with E-state index in [2.05, 4.69) is 0 Å². The number of aliphatic hydroxyl groups is 2. The van der Waals surface area contributed by atoms with Crippen LogP contribution in [0.2, 0.25) is 0 Å². The van der Waals surface area contributed by atoms with E-state index in [0.717, 1.165) is 28.8 Å². The highest BCUT2D eigenvalue weighted by molar-refractivity contribution is 7.90. The van der Waals surface area contributed by atoms with Gasteiger partial charge < -0.3 is 10.2 Å². The standard InChI is InChI=1S/C23H26N2O6S/c1-4-5-21(27)24-32(30,31)23(3,29)25-11-10-20(14-22(25)28)19-9-8-17-12-16(15(2)26)6-7-18(17)13-19/h6-15,26,29H,4-5H2,1-3H3,(H,24,27)/t15-,23+/m0/s1. The molecule has 0 aliphatic carbocycles. The van der Waals surface area contributed by atoms with Gasteiger partial charge >= 0.3 is 0 Å². The Hall–Kier alpha value is -3.01. The molecule has 2 aromatic carbocycles. The molecule has 0 spiro atoms. The van der Waals surface area contributed by atoms with Gasteiger partial charge in [-0.3, -0.25) is 14.2 Å². The molecule has 0 saturated carbocycles. The molecule has 0 unspecified atom stereocenters. The fourth-order valence-corrected chi connectivity index (χ4v) is 4.36. The monoisotopic (exact) mass is 458 g/mol. The van der Waals surface area contributed by atoms with Crippen molar-refractivity contribution in [2.75, 3.05) is 0 Å². The molecule has 0 bridgehead atoms. The third-order valence-corrected chi connectivity index (χ3v) is 6.99. The van der Waals surface area contributed by atoms with Crippen molar-refractivity contribution in [3.63, 3.8) is 0 Å². The molecule has 0 radical (unpaired) electrons. The van der Waals surface area contributed by atoms with E-state index in [9.17, 15) is 28.2 Å². The van der Waals surface area contributed by atoms with Crippen LogP contribution < -0.4 is 10.3 Å². The lowest BCUT2D eigenvalue weighted by Gasteiger charge is -2.26. The zero-order valence-corrected chi connectivity index (χ0v) is 18.9. The van der Waals surface area contributed by atoms with Crippen molar-refractivity contribution < 1.29 is 23.4 Å². The Kier molecular flexibility index (Phi) is 6.54. The van der Waals surface area contributed by atoms with Gasteiger partial charge in [-0.05, 0) is 59.0 Å². The Labute approximate surface area is 186 Å². The summed E-state index contributed by atoms with van der Waals surface area (Å²) >= 11 is 0. The van der Waals surface area contributed by atoms with Crippen LogP contribution in [-0.4, -0.2) is 29.1 Å². The number of aromatic nitrogens is 1. The molecule has 1 aromatic heterocycles. The minimum absolute atomic E-state index is 0.0240. The highest BCUT2D eigenvalue weighted by atomic mass is 32.2. The Morgan fingerprint density at radius 2 is 1.72 bits per heavy atom. The second-order valence-electron chi connectivity index (χ2n) is 7.83. The summed E-state index contributed by atoms with van der Waals surface area (Å²) in [5, 5.41) is 19.5. The van der Waals surface area contributed by atoms with E-state index in [4.69, 9.17) is 0 Å². The van der Waals surface area contributed by atoms with Crippen molar-refractivity contribution in [3.05, 3.63) is 70.6 Å². The quantitative estimate of drug-likeness (QED) is 0.500. The number of sulfonamides is 1. The molecule has 0 fully saturated rings. The molecule has 32 heavy (non-hydrogen) atoms. The first-order valence-corrected chi connectivity index (χ1v) is 11.7. The molecule has 1 heterocycles. The van der Waals surface area contributed by atoms with Gasteiger partial charge in [-0.2, -0.15) is 0 Å². The number of carbonyl (C=O) groups excluding carboxylic acids is 1.